The third-order valence-corrected chi connectivity index (χ3v) is 14.6. The zero-order valence-corrected chi connectivity index (χ0v) is 52.4. The van der Waals surface area contributed by atoms with Crippen LogP contribution in [0.5, 0.6) is 0 Å². The van der Waals surface area contributed by atoms with Crippen molar-refractivity contribution in [3.05, 3.63) is 134 Å². The minimum Gasteiger partial charge on any atom is -0.756 e. The number of allylic oxidation sites excluding steroid dienone is 22. The smallest absolute Gasteiger partial charge is 0.268 e. The summed E-state index contributed by atoms with van der Waals surface area (Å²) >= 11 is 0. The van der Waals surface area contributed by atoms with Crippen LogP contribution in [0, 0.1) is 0 Å². The van der Waals surface area contributed by atoms with Gasteiger partial charge in [0.2, 0.25) is 5.91 Å². The van der Waals surface area contributed by atoms with E-state index in [4.69, 9.17) is 9.05 Å². The van der Waals surface area contributed by atoms with Crippen molar-refractivity contribution in [2.45, 2.75) is 264 Å². The number of rotatable bonds is 57. The van der Waals surface area contributed by atoms with Crippen molar-refractivity contribution >= 4 is 13.7 Å². The standard InChI is InChI=1S/C70H121N2O6P/c1-6-8-10-12-14-16-18-20-22-24-26-28-29-30-31-32-33-34-35-36-37-38-39-40-41-42-43-44-46-48-50-52-54-56-58-60-62-64-70(74)71-68(67-78-79(75,76)77-66-65-72(3,4)5)69(73)63-61-59-57-55-53-51-49-47-45-27-25-23-21-19-17-15-13-11-9-7-2/h8,10,14,16,20,22,26,28,30-31,33-34,36-37,39-40,42-43,46,48,52,54,68-69,73H,6-7,9,11-13,15,17-19,21,23-25,27,29,32,35,38,41,44-45,47,49-51,53,55-67H2,1-5H3,(H-,71,74,75,76)/b10-8-,16-14-,22-20-,28-26-,31-30-,34-33-,37-36-,40-39-,43-42-,48-46-,54-52-. The second kappa shape index (κ2) is 59.3. The van der Waals surface area contributed by atoms with Crippen molar-refractivity contribution in [2.75, 3.05) is 40.9 Å². The van der Waals surface area contributed by atoms with Gasteiger partial charge in [-0.1, -0.05) is 282 Å². The SMILES string of the molecule is CC/C=C\C/C=C\C/C=C\C/C=C\C/C=C\C/C=C\C/C=C\C/C=C\C/C=C\C/C=C\C/C=C\CCCCCC(=O)NC(COP(=O)([O-])OCC[N+](C)(C)C)C(O)CCCCCCCCCCCCCCCCCCCCCC. The van der Waals surface area contributed by atoms with Gasteiger partial charge < -0.3 is 28.8 Å². The van der Waals surface area contributed by atoms with Gasteiger partial charge in [-0.25, -0.2) is 0 Å². The minimum atomic E-state index is -4.60. The first-order chi connectivity index (χ1) is 38.5. The number of carbonyl (C=O) groups excluding carboxylic acids is 1. The number of carbonyl (C=O) groups is 1. The molecule has 1 amide bonds. The predicted molar refractivity (Wildman–Crippen MR) is 343 cm³/mol. The van der Waals surface area contributed by atoms with Crippen molar-refractivity contribution in [1.82, 2.24) is 5.32 Å². The first-order valence-corrected chi connectivity index (χ1v) is 33.5. The topological polar surface area (TPSA) is 108 Å². The molecule has 0 aliphatic heterocycles. The number of nitrogens with one attached hydrogen (secondary N) is 1. The van der Waals surface area contributed by atoms with Crippen LogP contribution in [-0.2, 0) is 18.4 Å². The second-order valence-electron chi connectivity index (χ2n) is 22.4. The molecule has 452 valence electrons. The molecule has 0 aliphatic carbocycles. The Morgan fingerprint density at radius 1 is 0.456 bits per heavy atom. The molecule has 0 fully saturated rings. The van der Waals surface area contributed by atoms with E-state index in [0.29, 0.717) is 23.9 Å². The molecule has 79 heavy (non-hydrogen) atoms. The van der Waals surface area contributed by atoms with Crippen LogP contribution >= 0.6 is 7.82 Å². The predicted octanol–water partition coefficient (Wildman–Crippen LogP) is 19.6. The molecule has 0 aromatic rings. The number of aliphatic hydroxyl groups excluding tert-OH is 1. The summed E-state index contributed by atoms with van der Waals surface area (Å²) in [6, 6.07) is -0.830. The van der Waals surface area contributed by atoms with E-state index in [1.807, 2.05) is 21.1 Å². The van der Waals surface area contributed by atoms with E-state index >= 15 is 0 Å². The number of quaternary nitrogens is 1. The number of phosphoric ester groups is 1. The lowest BCUT2D eigenvalue weighted by Gasteiger charge is -2.30. The van der Waals surface area contributed by atoms with Gasteiger partial charge in [0.1, 0.15) is 13.2 Å². The Morgan fingerprint density at radius 2 is 0.772 bits per heavy atom. The molecule has 0 saturated heterocycles. The Labute approximate surface area is 487 Å². The molecule has 3 atom stereocenters. The van der Waals surface area contributed by atoms with Crippen LogP contribution in [0.25, 0.3) is 0 Å². The lowest BCUT2D eigenvalue weighted by Crippen LogP contribution is -2.46. The maximum Gasteiger partial charge on any atom is 0.268 e. The van der Waals surface area contributed by atoms with Crippen molar-refractivity contribution < 1.29 is 32.9 Å². The third kappa shape index (κ3) is 62.1. The summed E-state index contributed by atoms with van der Waals surface area (Å²) in [5.74, 6) is -0.200. The van der Waals surface area contributed by atoms with E-state index in [1.165, 1.54) is 109 Å². The number of nitrogens with zero attached hydrogens (tertiary/aromatic N) is 1. The highest BCUT2D eigenvalue weighted by Gasteiger charge is 2.24. The average molecular weight is 1120 g/mol. The monoisotopic (exact) mass is 1120 g/mol. The molecule has 0 bridgehead atoms. The molecule has 0 radical (unpaired) electrons. The Bertz CT molecular complexity index is 1750. The highest BCUT2D eigenvalue weighted by atomic mass is 31.2. The minimum absolute atomic E-state index is 0.00143. The molecule has 0 saturated carbocycles. The van der Waals surface area contributed by atoms with E-state index in [-0.39, 0.29) is 19.1 Å². The van der Waals surface area contributed by atoms with E-state index < -0.39 is 20.0 Å². The molecule has 9 heteroatoms. The molecule has 0 rings (SSSR count). The van der Waals surface area contributed by atoms with Crippen LogP contribution in [0.3, 0.4) is 0 Å². The van der Waals surface area contributed by atoms with E-state index in [1.54, 1.807) is 0 Å². The Kier molecular flexibility index (Phi) is 56.7. The van der Waals surface area contributed by atoms with Gasteiger partial charge in [0, 0.05) is 6.42 Å². The van der Waals surface area contributed by atoms with Gasteiger partial charge in [0.15, 0.2) is 0 Å². The zero-order valence-electron chi connectivity index (χ0n) is 51.5. The maximum absolute atomic E-state index is 13.0. The lowest BCUT2D eigenvalue weighted by atomic mass is 10.0. The lowest BCUT2D eigenvalue weighted by molar-refractivity contribution is -0.870. The van der Waals surface area contributed by atoms with E-state index in [2.05, 4.69) is 153 Å². The zero-order chi connectivity index (χ0) is 57.7. The van der Waals surface area contributed by atoms with Gasteiger partial charge in [0.25, 0.3) is 7.82 Å². The third-order valence-electron chi connectivity index (χ3n) is 13.7. The summed E-state index contributed by atoms with van der Waals surface area (Å²) in [5.41, 5.74) is 0. The summed E-state index contributed by atoms with van der Waals surface area (Å²) in [6.45, 7) is 4.59. The molecular weight excluding hydrogens is 996 g/mol. The normalized spacial score (nSPS) is 14.7. The van der Waals surface area contributed by atoms with Gasteiger partial charge >= 0.3 is 0 Å². The summed E-state index contributed by atoms with van der Waals surface area (Å²) in [5, 5.41) is 14.0. The first-order valence-electron chi connectivity index (χ1n) is 32.0. The van der Waals surface area contributed by atoms with Crippen LogP contribution < -0.4 is 10.2 Å². The largest absolute Gasteiger partial charge is 0.756 e. The highest BCUT2D eigenvalue weighted by molar-refractivity contribution is 7.45. The van der Waals surface area contributed by atoms with Gasteiger partial charge in [-0.05, 0) is 96.3 Å². The van der Waals surface area contributed by atoms with Crippen molar-refractivity contribution in [3.63, 3.8) is 0 Å². The van der Waals surface area contributed by atoms with E-state index in [0.717, 1.165) is 116 Å². The Hall–Kier alpha value is -3.36. The highest BCUT2D eigenvalue weighted by Crippen LogP contribution is 2.38. The molecule has 0 aliphatic rings. The molecule has 0 spiro atoms. The average Bonchev–Trinajstić information content (AvgIpc) is 3.42. The molecule has 0 heterocycles. The summed E-state index contributed by atoms with van der Waals surface area (Å²) in [6.07, 6.45) is 89.3. The van der Waals surface area contributed by atoms with Crippen LogP contribution in [0.1, 0.15) is 251 Å². The molecule has 0 aromatic heterocycles. The van der Waals surface area contributed by atoms with Gasteiger partial charge in [-0.15, -0.1) is 0 Å². The maximum atomic E-state index is 13.0. The molecule has 0 aromatic carbocycles. The fourth-order valence-corrected chi connectivity index (χ4v) is 9.42. The van der Waals surface area contributed by atoms with Crippen LogP contribution in [0.4, 0.5) is 0 Å². The quantitative estimate of drug-likeness (QED) is 0.0272. The number of unbranched alkanes of at least 4 members (excludes halogenated alkanes) is 22. The number of aliphatic hydroxyl groups is 1. The van der Waals surface area contributed by atoms with Gasteiger partial charge in [-0.3, -0.25) is 9.36 Å². The molecule has 2 N–H and O–H groups in total. The molecular formula is C70H121N2O6P. The number of likely N-dealkylation sites (N-methyl/N-ethyl adjacent to an activating group) is 1. The number of amides is 1. The van der Waals surface area contributed by atoms with Crippen LogP contribution in [0.2, 0.25) is 0 Å². The number of phosphoric acid groups is 1. The first kappa shape index (κ1) is 75.6. The Balaban J connectivity index is 4.23. The van der Waals surface area contributed by atoms with Crippen molar-refractivity contribution in [3.8, 4) is 0 Å². The number of hydrogen-bond acceptors (Lipinski definition) is 6. The van der Waals surface area contributed by atoms with Crippen molar-refractivity contribution in [1.29, 1.82) is 0 Å². The second-order valence-corrected chi connectivity index (χ2v) is 23.8. The van der Waals surface area contributed by atoms with Crippen molar-refractivity contribution in [2.24, 2.45) is 0 Å². The summed E-state index contributed by atoms with van der Waals surface area (Å²) < 4.78 is 23.4. The molecule has 3 unspecified atom stereocenters. The van der Waals surface area contributed by atoms with Crippen LogP contribution in [-0.4, -0.2) is 68.5 Å². The van der Waals surface area contributed by atoms with E-state index in [9.17, 15) is 19.4 Å². The van der Waals surface area contributed by atoms with Gasteiger partial charge in [-0.2, -0.15) is 0 Å². The Morgan fingerprint density at radius 3 is 1.11 bits per heavy atom. The van der Waals surface area contributed by atoms with Gasteiger partial charge in [0.05, 0.1) is 39.9 Å². The number of hydrogen-bond donors (Lipinski definition) is 2. The summed E-state index contributed by atoms with van der Waals surface area (Å²) in [4.78, 5) is 25.6. The fraction of sp³-hybridized carbons (Fsp3) is 0.671. The molecule has 8 nitrogen and oxygen atoms in total. The fourth-order valence-electron chi connectivity index (χ4n) is 8.69. The summed E-state index contributed by atoms with van der Waals surface area (Å²) in [7, 11) is 1.27. The van der Waals surface area contributed by atoms with Crippen LogP contribution in [0.15, 0.2) is 134 Å².